The second-order valence-electron chi connectivity index (χ2n) is 9.26. The van der Waals surface area contributed by atoms with E-state index in [2.05, 4.69) is 4.18 Å². The predicted octanol–water partition coefficient (Wildman–Crippen LogP) is 6.08. The van der Waals surface area contributed by atoms with Gasteiger partial charge in [-0.1, -0.05) is 12.1 Å². The SMILES string of the molecule is O=S(=O)(Oc1c(F)c(F)c(F)c(F)c1F)c1ccc2c(c1)CCC2c1ccc(C(F)(F)F)cc1N1CCOCC1. The monoisotopic (exact) mass is 593 g/mol. The van der Waals surface area contributed by atoms with Crippen molar-refractivity contribution < 1.29 is 52.5 Å². The number of benzene rings is 3. The lowest BCUT2D eigenvalue weighted by molar-refractivity contribution is -0.137. The van der Waals surface area contributed by atoms with Crippen molar-refractivity contribution in [3.05, 3.63) is 87.7 Å². The first-order chi connectivity index (χ1) is 18.8. The van der Waals surface area contributed by atoms with Crippen molar-refractivity contribution in [1.29, 1.82) is 0 Å². The fourth-order valence-corrected chi connectivity index (χ4v) is 5.96. The molecule has 0 amide bonds. The predicted molar refractivity (Wildman–Crippen MR) is 125 cm³/mol. The Balaban J connectivity index is 1.50. The molecule has 3 aromatic rings. The molecular weight excluding hydrogens is 574 g/mol. The van der Waals surface area contributed by atoms with Crippen LogP contribution in [0, 0.1) is 29.1 Å². The Hall–Kier alpha value is -3.39. The van der Waals surface area contributed by atoms with Gasteiger partial charge in [-0.3, -0.25) is 0 Å². The van der Waals surface area contributed by atoms with E-state index in [-0.39, 0.29) is 0 Å². The van der Waals surface area contributed by atoms with Crippen LogP contribution in [0.2, 0.25) is 0 Å². The quantitative estimate of drug-likeness (QED) is 0.155. The van der Waals surface area contributed by atoms with Gasteiger partial charge in [0.15, 0.2) is 0 Å². The molecule has 1 aliphatic heterocycles. The molecule has 0 aromatic heterocycles. The van der Waals surface area contributed by atoms with Gasteiger partial charge in [-0.15, -0.1) is 0 Å². The Kier molecular flexibility index (Phi) is 7.19. The van der Waals surface area contributed by atoms with Crippen molar-refractivity contribution >= 4 is 15.8 Å². The number of rotatable bonds is 5. The average Bonchev–Trinajstić information content (AvgIpc) is 3.36. The van der Waals surface area contributed by atoms with Gasteiger partial charge >= 0.3 is 16.3 Å². The van der Waals surface area contributed by atoms with Crippen molar-refractivity contribution in [3.8, 4) is 5.75 Å². The summed E-state index contributed by atoms with van der Waals surface area (Å²) in [5.41, 5.74) is 1.25. The van der Waals surface area contributed by atoms with E-state index >= 15 is 0 Å². The van der Waals surface area contributed by atoms with Gasteiger partial charge in [-0.05, 0) is 53.8 Å². The summed E-state index contributed by atoms with van der Waals surface area (Å²) in [5, 5.41) is 0. The van der Waals surface area contributed by atoms with E-state index in [1.54, 1.807) is 4.90 Å². The first-order valence-corrected chi connectivity index (χ1v) is 13.3. The standard InChI is InChI=1S/C26H19F8NO4S/c27-20-21(28)23(30)25(24(31)22(20)29)39-40(36,37)15-3-6-16-13(11-15)1-4-17(16)18-5-2-14(26(32,33)34)12-19(18)35-7-9-38-10-8-35/h2-3,5-6,11-12,17H,1,4,7-10H2. The van der Waals surface area contributed by atoms with E-state index in [0.29, 0.717) is 61.5 Å². The van der Waals surface area contributed by atoms with Gasteiger partial charge in [0.05, 0.1) is 18.8 Å². The van der Waals surface area contributed by atoms with Crippen LogP contribution in [-0.4, -0.2) is 34.7 Å². The number of hydrogen-bond donors (Lipinski definition) is 0. The normalized spacial score (nSPS) is 17.7. The number of halogens is 8. The molecule has 2 aliphatic rings. The highest BCUT2D eigenvalue weighted by atomic mass is 32.2. The summed E-state index contributed by atoms with van der Waals surface area (Å²) in [5.74, 6) is -14.5. The molecule has 1 heterocycles. The molecule has 0 N–H and O–H groups in total. The second kappa shape index (κ2) is 10.2. The van der Waals surface area contributed by atoms with Crippen molar-refractivity contribution in [1.82, 2.24) is 0 Å². The van der Waals surface area contributed by atoms with Gasteiger partial charge in [0.25, 0.3) is 0 Å². The first kappa shape index (κ1) is 28.1. The van der Waals surface area contributed by atoms with Crippen LogP contribution < -0.4 is 9.08 Å². The Labute approximate surface area is 223 Å². The molecule has 5 rings (SSSR count). The number of aryl methyl sites for hydroxylation is 1. The second-order valence-corrected chi connectivity index (χ2v) is 10.8. The van der Waals surface area contributed by atoms with Gasteiger partial charge in [0.1, 0.15) is 4.90 Å². The van der Waals surface area contributed by atoms with Crippen LogP contribution in [-0.2, 0) is 27.5 Å². The molecule has 1 aliphatic carbocycles. The minimum Gasteiger partial charge on any atom is -0.378 e. The first-order valence-electron chi connectivity index (χ1n) is 11.9. The average molecular weight is 593 g/mol. The topological polar surface area (TPSA) is 55.8 Å². The maximum Gasteiger partial charge on any atom is 0.416 e. The van der Waals surface area contributed by atoms with Gasteiger partial charge in [0, 0.05) is 24.7 Å². The molecule has 0 spiro atoms. The maximum atomic E-state index is 14.0. The van der Waals surface area contributed by atoms with Crippen LogP contribution in [0.15, 0.2) is 41.3 Å². The highest BCUT2D eigenvalue weighted by Gasteiger charge is 2.35. The van der Waals surface area contributed by atoms with E-state index in [1.807, 2.05) is 0 Å². The third kappa shape index (κ3) is 4.98. The number of ether oxygens (including phenoxy) is 1. The fourth-order valence-electron chi connectivity index (χ4n) is 4.98. The molecule has 5 nitrogen and oxygen atoms in total. The summed E-state index contributed by atoms with van der Waals surface area (Å²) in [6.45, 7) is 1.42. The minimum absolute atomic E-state index is 0.301. The Bertz CT molecular complexity index is 1560. The largest absolute Gasteiger partial charge is 0.416 e. The minimum atomic E-state index is -5.04. The molecule has 14 heteroatoms. The van der Waals surface area contributed by atoms with E-state index in [9.17, 15) is 43.5 Å². The lowest BCUT2D eigenvalue weighted by Crippen LogP contribution is -2.37. The van der Waals surface area contributed by atoms with Gasteiger partial charge < -0.3 is 13.8 Å². The third-order valence-corrected chi connectivity index (χ3v) is 8.15. The number of morpholine rings is 1. The molecule has 3 aromatic carbocycles. The molecule has 40 heavy (non-hydrogen) atoms. The molecule has 214 valence electrons. The fraction of sp³-hybridized carbons (Fsp3) is 0.308. The van der Waals surface area contributed by atoms with E-state index in [4.69, 9.17) is 4.74 Å². The lowest BCUT2D eigenvalue weighted by Gasteiger charge is -2.32. The molecule has 1 saturated heterocycles. The van der Waals surface area contributed by atoms with Crippen LogP contribution in [0.5, 0.6) is 5.75 Å². The van der Waals surface area contributed by atoms with Crippen LogP contribution in [0.3, 0.4) is 0 Å². The van der Waals surface area contributed by atoms with Crippen molar-refractivity contribution in [2.75, 3.05) is 31.2 Å². The van der Waals surface area contributed by atoms with Crippen LogP contribution in [0.4, 0.5) is 40.8 Å². The highest BCUT2D eigenvalue weighted by molar-refractivity contribution is 7.87. The number of nitrogens with zero attached hydrogens (tertiary/aromatic N) is 1. The van der Waals surface area contributed by atoms with Crippen LogP contribution in [0.1, 0.15) is 34.6 Å². The Morgan fingerprint density at radius 2 is 1.43 bits per heavy atom. The number of anilines is 1. The summed E-state index contributed by atoms with van der Waals surface area (Å²) in [4.78, 5) is 1.19. The van der Waals surface area contributed by atoms with Gasteiger partial charge in [0.2, 0.25) is 34.8 Å². The summed E-state index contributed by atoms with van der Waals surface area (Å²) < 4.78 is 144. The molecular formula is C26H19F8NO4S. The zero-order chi connectivity index (χ0) is 29.0. The van der Waals surface area contributed by atoms with Crippen molar-refractivity contribution in [2.45, 2.75) is 29.8 Å². The third-order valence-electron chi connectivity index (χ3n) is 6.93. The zero-order valence-electron chi connectivity index (χ0n) is 20.3. The molecule has 1 fully saturated rings. The van der Waals surface area contributed by atoms with Gasteiger partial charge in [-0.25, -0.2) is 13.2 Å². The van der Waals surface area contributed by atoms with Crippen molar-refractivity contribution in [3.63, 3.8) is 0 Å². The zero-order valence-corrected chi connectivity index (χ0v) is 21.1. The Morgan fingerprint density at radius 3 is 2.05 bits per heavy atom. The molecule has 0 radical (unpaired) electrons. The number of fused-ring (bicyclic) bond motifs is 1. The molecule has 1 unspecified atom stereocenters. The van der Waals surface area contributed by atoms with Crippen LogP contribution in [0.25, 0.3) is 0 Å². The van der Waals surface area contributed by atoms with E-state index in [0.717, 1.165) is 24.3 Å². The summed E-state index contributed by atoms with van der Waals surface area (Å²) in [7, 11) is -5.04. The van der Waals surface area contributed by atoms with Gasteiger partial charge in [-0.2, -0.15) is 30.4 Å². The maximum absolute atomic E-state index is 14.0. The summed E-state index contributed by atoms with van der Waals surface area (Å²) in [6, 6.07) is 7.03. The van der Waals surface area contributed by atoms with E-state index in [1.165, 1.54) is 12.1 Å². The van der Waals surface area contributed by atoms with Crippen LogP contribution >= 0.6 is 0 Å². The number of alkyl halides is 3. The molecule has 1 atom stereocenters. The van der Waals surface area contributed by atoms with Crippen molar-refractivity contribution in [2.24, 2.45) is 0 Å². The molecule has 0 bridgehead atoms. The molecule has 0 saturated carbocycles. The smallest absolute Gasteiger partial charge is 0.378 e. The highest BCUT2D eigenvalue weighted by Crippen LogP contribution is 2.45. The number of hydrogen-bond acceptors (Lipinski definition) is 5. The Morgan fingerprint density at radius 1 is 0.825 bits per heavy atom. The lowest BCUT2D eigenvalue weighted by atomic mass is 9.90. The van der Waals surface area contributed by atoms with E-state index < -0.39 is 67.5 Å². The summed E-state index contributed by atoms with van der Waals surface area (Å²) >= 11 is 0. The summed E-state index contributed by atoms with van der Waals surface area (Å²) in [6.07, 6.45) is -3.85.